The Morgan fingerprint density at radius 1 is 1.21 bits per heavy atom. The van der Waals surface area contributed by atoms with Gasteiger partial charge in [-0.25, -0.2) is 0 Å². The molecule has 98 valence electrons. The summed E-state index contributed by atoms with van der Waals surface area (Å²) in [6, 6.07) is 10.7. The van der Waals surface area contributed by atoms with Crippen LogP contribution >= 0.6 is 11.5 Å². The largest absolute Gasteiger partial charge is 0.347 e. The number of rotatable bonds is 6. The first-order valence-electron chi connectivity index (χ1n) is 6.44. The maximum absolute atomic E-state index is 4.01. The minimum Gasteiger partial charge on any atom is -0.347 e. The first-order chi connectivity index (χ1) is 9.43. The number of para-hydroxylation sites is 1. The molecule has 0 aliphatic carbocycles. The Morgan fingerprint density at radius 2 is 2.16 bits per heavy atom. The number of aryl methyl sites for hydroxylation is 1. The first kappa shape index (κ1) is 12.3. The van der Waals surface area contributed by atoms with Gasteiger partial charge in [-0.1, -0.05) is 22.7 Å². The van der Waals surface area contributed by atoms with Gasteiger partial charge in [0.2, 0.25) is 0 Å². The third kappa shape index (κ3) is 3.00. The van der Waals surface area contributed by atoms with E-state index in [4.69, 9.17) is 0 Å². The van der Waals surface area contributed by atoms with Crippen molar-refractivity contribution < 1.29 is 0 Å². The van der Waals surface area contributed by atoms with Crippen LogP contribution in [0.3, 0.4) is 0 Å². The number of fused-ring (bicyclic) bond motifs is 1. The highest BCUT2D eigenvalue weighted by Crippen LogP contribution is 2.15. The number of benzene rings is 1. The molecule has 0 amide bonds. The van der Waals surface area contributed by atoms with Crippen LogP contribution in [0.5, 0.6) is 0 Å². The average Bonchev–Trinajstić information content (AvgIpc) is 3.08. The molecule has 0 atom stereocenters. The van der Waals surface area contributed by atoms with Gasteiger partial charge in [0.1, 0.15) is 0 Å². The molecule has 0 fully saturated rings. The van der Waals surface area contributed by atoms with Crippen molar-refractivity contribution in [2.45, 2.75) is 19.5 Å². The number of nitrogens with one attached hydrogen (secondary N) is 1. The Hall–Kier alpha value is -1.72. The van der Waals surface area contributed by atoms with E-state index in [2.05, 4.69) is 56.0 Å². The Bertz CT molecular complexity index is 630. The van der Waals surface area contributed by atoms with E-state index < -0.39 is 0 Å². The third-order valence-electron chi connectivity index (χ3n) is 3.14. The molecule has 4 nitrogen and oxygen atoms in total. The molecule has 5 heteroatoms. The minimum absolute atomic E-state index is 0.808. The predicted octanol–water partition coefficient (Wildman–Crippen LogP) is 2.67. The molecule has 0 aliphatic rings. The Morgan fingerprint density at radius 3 is 3.05 bits per heavy atom. The van der Waals surface area contributed by atoms with Crippen molar-refractivity contribution in [2.75, 3.05) is 6.54 Å². The Labute approximate surface area is 116 Å². The maximum Gasteiger partial charge on any atom is 0.0893 e. The van der Waals surface area contributed by atoms with E-state index in [1.165, 1.54) is 22.4 Å². The van der Waals surface area contributed by atoms with Crippen LogP contribution in [0.15, 0.2) is 41.9 Å². The Balaban J connectivity index is 1.47. The van der Waals surface area contributed by atoms with Gasteiger partial charge in [0.05, 0.1) is 5.69 Å². The number of hydrogen-bond acceptors (Lipinski definition) is 4. The van der Waals surface area contributed by atoms with Gasteiger partial charge in [-0.15, -0.1) is 5.10 Å². The van der Waals surface area contributed by atoms with Gasteiger partial charge in [-0.2, -0.15) is 0 Å². The van der Waals surface area contributed by atoms with Crippen LogP contribution in [0, 0.1) is 0 Å². The smallest absolute Gasteiger partial charge is 0.0893 e. The van der Waals surface area contributed by atoms with Gasteiger partial charge in [-0.3, -0.25) is 0 Å². The van der Waals surface area contributed by atoms with E-state index in [0.29, 0.717) is 0 Å². The molecule has 19 heavy (non-hydrogen) atoms. The van der Waals surface area contributed by atoms with Crippen LogP contribution < -0.4 is 5.32 Å². The molecule has 0 aliphatic heterocycles. The van der Waals surface area contributed by atoms with Crippen molar-refractivity contribution >= 4 is 22.4 Å². The molecular weight excluding hydrogens is 256 g/mol. The lowest BCUT2D eigenvalue weighted by molar-refractivity contribution is 0.586. The van der Waals surface area contributed by atoms with Crippen molar-refractivity contribution in [1.29, 1.82) is 0 Å². The molecule has 0 saturated carbocycles. The quantitative estimate of drug-likeness (QED) is 0.702. The van der Waals surface area contributed by atoms with Gasteiger partial charge >= 0.3 is 0 Å². The van der Waals surface area contributed by atoms with Gasteiger partial charge < -0.3 is 9.88 Å². The standard InChI is InChI=1S/C14H16N4S/c1-2-5-14-12(4-1)6-9-18(14)8-3-7-15-10-13-11-19-17-16-13/h1-2,4-6,9,11,15H,3,7-8,10H2. The van der Waals surface area contributed by atoms with Crippen molar-refractivity contribution in [3.63, 3.8) is 0 Å². The van der Waals surface area contributed by atoms with E-state index in [9.17, 15) is 0 Å². The highest BCUT2D eigenvalue weighted by atomic mass is 32.1. The van der Waals surface area contributed by atoms with Gasteiger partial charge in [0.25, 0.3) is 0 Å². The molecule has 2 aromatic heterocycles. The molecular formula is C14H16N4S. The predicted molar refractivity (Wildman–Crippen MR) is 78.2 cm³/mol. The molecule has 1 N–H and O–H groups in total. The molecule has 3 aromatic rings. The van der Waals surface area contributed by atoms with Crippen LogP contribution in [0.1, 0.15) is 12.1 Å². The van der Waals surface area contributed by atoms with Crippen LogP contribution in [0.25, 0.3) is 10.9 Å². The molecule has 0 radical (unpaired) electrons. The molecule has 2 heterocycles. The maximum atomic E-state index is 4.01. The third-order valence-corrected chi connectivity index (χ3v) is 3.70. The highest BCUT2D eigenvalue weighted by Gasteiger charge is 1.99. The van der Waals surface area contributed by atoms with Crippen molar-refractivity contribution in [2.24, 2.45) is 0 Å². The zero-order chi connectivity index (χ0) is 12.9. The van der Waals surface area contributed by atoms with Crippen LogP contribution in [0.4, 0.5) is 0 Å². The lowest BCUT2D eigenvalue weighted by atomic mass is 10.2. The molecule has 0 saturated heterocycles. The molecule has 0 spiro atoms. The zero-order valence-electron chi connectivity index (χ0n) is 10.6. The number of hydrogen-bond donors (Lipinski definition) is 1. The topological polar surface area (TPSA) is 42.7 Å². The molecule has 1 aromatic carbocycles. The highest BCUT2D eigenvalue weighted by molar-refractivity contribution is 7.03. The van der Waals surface area contributed by atoms with Gasteiger partial charge in [0.15, 0.2) is 0 Å². The fourth-order valence-corrected chi connectivity index (χ4v) is 2.64. The average molecular weight is 272 g/mol. The van der Waals surface area contributed by atoms with E-state index >= 15 is 0 Å². The SMILES string of the molecule is c1ccc2c(c1)ccn2CCCNCc1csnn1. The summed E-state index contributed by atoms with van der Waals surface area (Å²) in [6.45, 7) is 2.84. The van der Waals surface area contributed by atoms with E-state index in [1.54, 1.807) is 0 Å². The van der Waals surface area contributed by atoms with E-state index in [-0.39, 0.29) is 0 Å². The van der Waals surface area contributed by atoms with Crippen molar-refractivity contribution in [3.8, 4) is 0 Å². The fraction of sp³-hybridized carbons (Fsp3) is 0.286. The summed E-state index contributed by atoms with van der Waals surface area (Å²) in [5.74, 6) is 0. The lowest BCUT2D eigenvalue weighted by Gasteiger charge is -2.06. The van der Waals surface area contributed by atoms with Crippen molar-refractivity contribution in [1.82, 2.24) is 19.5 Å². The van der Waals surface area contributed by atoms with E-state index in [1.807, 2.05) is 5.38 Å². The van der Waals surface area contributed by atoms with Gasteiger partial charge in [-0.05, 0) is 42.0 Å². The summed E-state index contributed by atoms with van der Waals surface area (Å²) in [7, 11) is 0. The normalized spacial score (nSPS) is 11.2. The second kappa shape index (κ2) is 5.95. The molecule has 3 rings (SSSR count). The van der Waals surface area contributed by atoms with Crippen LogP contribution in [-0.2, 0) is 13.1 Å². The summed E-state index contributed by atoms with van der Waals surface area (Å²) >= 11 is 1.40. The monoisotopic (exact) mass is 272 g/mol. The summed E-state index contributed by atoms with van der Waals surface area (Å²) in [5, 5.41) is 10.7. The van der Waals surface area contributed by atoms with E-state index in [0.717, 1.165) is 31.7 Å². The molecule has 0 bridgehead atoms. The van der Waals surface area contributed by atoms with Crippen LogP contribution in [0.2, 0.25) is 0 Å². The summed E-state index contributed by atoms with van der Waals surface area (Å²) in [5.41, 5.74) is 2.34. The number of aromatic nitrogens is 3. The van der Waals surface area contributed by atoms with Crippen LogP contribution in [-0.4, -0.2) is 20.7 Å². The summed E-state index contributed by atoms with van der Waals surface area (Å²) < 4.78 is 6.15. The fourth-order valence-electron chi connectivity index (χ4n) is 2.19. The second-order valence-corrected chi connectivity index (χ2v) is 5.10. The number of nitrogens with zero attached hydrogens (tertiary/aromatic N) is 3. The minimum atomic E-state index is 0.808. The summed E-state index contributed by atoms with van der Waals surface area (Å²) in [4.78, 5) is 0. The lowest BCUT2D eigenvalue weighted by Crippen LogP contribution is -2.16. The van der Waals surface area contributed by atoms with Crippen molar-refractivity contribution in [3.05, 3.63) is 47.6 Å². The van der Waals surface area contributed by atoms with Gasteiger partial charge in [0, 0.05) is 30.2 Å². The second-order valence-electron chi connectivity index (χ2n) is 4.49. The molecule has 0 unspecified atom stereocenters. The summed E-state index contributed by atoms with van der Waals surface area (Å²) in [6.07, 6.45) is 3.27. The Kier molecular flexibility index (Phi) is 3.86. The first-order valence-corrected chi connectivity index (χ1v) is 7.28. The zero-order valence-corrected chi connectivity index (χ0v) is 11.4.